The van der Waals surface area contributed by atoms with E-state index in [-0.39, 0.29) is 11.1 Å². The van der Waals surface area contributed by atoms with E-state index in [4.69, 9.17) is 0 Å². The topological polar surface area (TPSA) is 78.0 Å². The molecule has 0 fully saturated rings. The van der Waals surface area contributed by atoms with Gasteiger partial charge in [-0.2, -0.15) is 5.01 Å². The van der Waals surface area contributed by atoms with E-state index >= 15 is 0 Å². The van der Waals surface area contributed by atoms with Crippen LogP contribution in [0.5, 0.6) is 0 Å². The average molecular weight is 504 g/mol. The molecule has 38 heavy (non-hydrogen) atoms. The van der Waals surface area contributed by atoms with Gasteiger partial charge in [0.05, 0.1) is 22.5 Å². The summed E-state index contributed by atoms with van der Waals surface area (Å²) in [5, 5.41) is 3.46. The molecule has 7 heteroatoms. The van der Waals surface area contributed by atoms with Gasteiger partial charge in [0.2, 0.25) is 0 Å². The normalized spacial score (nSPS) is 14.6. The van der Waals surface area contributed by atoms with Crippen LogP contribution in [0.1, 0.15) is 61.7 Å². The Morgan fingerprint density at radius 1 is 0.579 bits per heavy atom. The third kappa shape index (κ3) is 3.50. The fourth-order valence-electron chi connectivity index (χ4n) is 5.20. The smallest absolute Gasteiger partial charge is 0.274 e. The van der Waals surface area contributed by atoms with Gasteiger partial charge in [0, 0.05) is 28.4 Å². The highest BCUT2D eigenvalue weighted by Crippen LogP contribution is 2.40. The Hall–Kier alpha value is -4.78. The van der Waals surface area contributed by atoms with E-state index in [9.17, 15) is 19.2 Å². The first-order valence-corrected chi connectivity index (χ1v) is 12.6. The number of hydrazine groups is 1. The second-order valence-corrected chi connectivity index (χ2v) is 9.92. The van der Waals surface area contributed by atoms with Crippen molar-refractivity contribution in [1.29, 1.82) is 0 Å². The van der Waals surface area contributed by atoms with E-state index in [1.54, 1.807) is 29.3 Å². The molecule has 0 saturated carbocycles. The molecule has 6 rings (SSSR count). The zero-order valence-corrected chi connectivity index (χ0v) is 21.0. The maximum absolute atomic E-state index is 14.0. The maximum atomic E-state index is 14.0. The number of para-hydroxylation sites is 2. The predicted molar refractivity (Wildman–Crippen MR) is 144 cm³/mol. The van der Waals surface area contributed by atoms with Gasteiger partial charge in [-0.25, -0.2) is 5.01 Å². The van der Waals surface area contributed by atoms with Crippen molar-refractivity contribution in [3.05, 3.63) is 107 Å². The number of nitrogens with zero attached hydrogens (tertiary/aromatic N) is 3. The summed E-state index contributed by atoms with van der Waals surface area (Å²) in [5.41, 5.74) is 2.49. The number of amides is 4. The fourth-order valence-corrected chi connectivity index (χ4v) is 5.20. The van der Waals surface area contributed by atoms with Crippen molar-refractivity contribution in [3.63, 3.8) is 0 Å². The number of hydrogen-bond acceptors (Lipinski definition) is 5. The zero-order valence-electron chi connectivity index (χ0n) is 21.0. The number of anilines is 2. The van der Waals surface area contributed by atoms with Crippen LogP contribution in [0, 0.1) is 5.92 Å². The van der Waals surface area contributed by atoms with Gasteiger partial charge in [-0.05, 0) is 60.9 Å². The van der Waals surface area contributed by atoms with Crippen molar-refractivity contribution < 1.29 is 19.2 Å². The first-order chi connectivity index (χ1) is 18.4. The summed E-state index contributed by atoms with van der Waals surface area (Å²) in [6, 6.07) is 24.8. The quantitative estimate of drug-likeness (QED) is 0.309. The molecule has 0 bridgehead atoms. The van der Waals surface area contributed by atoms with E-state index in [0.29, 0.717) is 52.2 Å². The molecule has 2 aliphatic heterocycles. The molecule has 7 nitrogen and oxygen atoms in total. The molecule has 0 spiro atoms. The fraction of sp³-hybridized carbons (Fsp3) is 0.161. The molecule has 2 aliphatic rings. The highest BCUT2D eigenvalue weighted by atomic mass is 16.2. The summed E-state index contributed by atoms with van der Waals surface area (Å²) < 4.78 is 0. The van der Waals surface area contributed by atoms with Crippen LogP contribution in [0.4, 0.5) is 11.4 Å². The summed E-state index contributed by atoms with van der Waals surface area (Å²) in [7, 11) is 0. The predicted octanol–water partition coefficient (Wildman–Crippen LogP) is 5.83. The van der Waals surface area contributed by atoms with Gasteiger partial charge in [0.1, 0.15) is 0 Å². The summed E-state index contributed by atoms with van der Waals surface area (Å²) in [5.74, 6) is -1.53. The van der Waals surface area contributed by atoms with Crippen LogP contribution >= 0.6 is 0 Å². The maximum Gasteiger partial charge on any atom is 0.280 e. The van der Waals surface area contributed by atoms with Crippen molar-refractivity contribution in [3.8, 4) is 0 Å². The highest BCUT2D eigenvalue weighted by Gasteiger charge is 2.42. The minimum absolute atomic E-state index is 0.272. The molecule has 0 aliphatic carbocycles. The Morgan fingerprint density at radius 2 is 0.974 bits per heavy atom. The summed E-state index contributed by atoms with van der Waals surface area (Å²) in [6.07, 6.45) is 0.687. The van der Waals surface area contributed by atoms with Gasteiger partial charge in [0.15, 0.2) is 0 Å². The van der Waals surface area contributed by atoms with Crippen molar-refractivity contribution in [2.45, 2.75) is 20.3 Å². The highest BCUT2D eigenvalue weighted by molar-refractivity contribution is 6.33. The molecular weight excluding hydrogens is 478 g/mol. The van der Waals surface area contributed by atoms with Gasteiger partial charge in [-0.3, -0.25) is 24.1 Å². The minimum Gasteiger partial charge on any atom is -0.274 e. The van der Waals surface area contributed by atoms with E-state index in [1.807, 2.05) is 74.5 Å². The van der Waals surface area contributed by atoms with Crippen LogP contribution in [-0.4, -0.2) is 40.1 Å². The molecule has 0 radical (unpaired) electrons. The van der Waals surface area contributed by atoms with E-state index in [2.05, 4.69) is 0 Å². The first kappa shape index (κ1) is 23.6. The SMILES string of the molecule is CC(C)CCN1C(=O)c2ccc3c4c(ccc(c24)C1=O)C(=O)N(N(c1ccccc1)c1ccccc1)C3=O. The Bertz CT molecular complexity index is 1520. The van der Waals surface area contributed by atoms with Gasteiger partial charge < -0.3 is 0 Å². The van der Waals surface area contributed by atoms with Crippen molar-refractivity contribution in [2.75, 3.05) is 11.6 Å². The van der Waals surface area contributed by atoms with Gasteiger partial charge in [-0.15, -0.1) is 0 Å². The number of rotatable bonds is 6. The molecule has 0 aromatic heterocycles. The summed E-state index contributed by atoms with van der Waals surface area (Å²) >= 11 is 0. The van der Waals surface area contributed by atoms with E-state index in [0.717, 1.165) is 5.01 Å². The Balaban J connectivity index is 1.51. The molecular formula is C31H25N3O4. The van der Waals surface area contributed by atoms with E-state index in [1.165, 1.54) is 4.90 Å². The summed E-state index contributed by atoms with van der Waals surface area (Å²) in [4.78, 5) is 56.1. The van der Waals surface area contributed by atoms with Crippen LogP contribution < -0.4 is 5.01 Å². The molecule has 2 heterocycles. The lowest BCUT2D eigenvalue weighted by molar-refractivity contribution is 0.0585. The van der Waals surface area contributed by atoms with Crippen LogP contribution in [0.25, 0.3) is 10.8 Å². The monoisotopic (exact) mass is 503 g/mol. The Morgan fingerprint density at radius 3 is 1.37 bits per heavy atom. The van der Waals surface area contributed by atoms with Crippen molar-refractivity contribution >= 4 is 45.8 Å². The van der Waals surface area contributed by atoms with Gasteiger partial charge >= 0.3 is 0 Å². The van der Waals surface area contributed by atoms with Crippen LogP contribution in [0.15, 0.2) is 84.9 Å². The lowest BCUT2D eigenvalue weighted by Crippen LogP contribution is -2.50. The van der Waals surface area contributed by atoms with E-state index < -0.39 is 23.6 Å². The van der Waals surface area contributed by atoms with Crippen LogP contribution in [-0.2, 0) is 0 Å². The Kier molecular flexibility index (Phi) is 5.56. The standard InChI is InChI=1S/C31H25N3O4/c1-19(2)17-18-32-28(35)22-13-15-24-27-25(16-14-23(26(22)27)29(32)36)31(38)34(30(24)37)33(20-9-5-3-6-10-20)21-11-7-4-8-12-21/h3-16,19H,17-18H2,1-2H3. The van der Waals surface area contributed by atoms with Gasteiger partial charge in [-0.1, -0.05) is 50.2 Å². The second-order valence-electron chi connectivity index (χ2n) is 9.92. The molecule has 0 N–H and O–H groups in total. The number of carbonyl (C=O) groups excluding carboxylic acids is 4. The molecule has 4 aromatic rings. The van der Waals surface area contributed by atoms with Crippen molar-refractivity contribution in [1.82, 2.24) is 9.91 Å². The molecule has 188 valence electrons. The number of carbonyl (C=O) groups is 4. The third-order valence-corrected chi connectivity index (χ3v) is 7.09. The average Bonchev–Trinajstić information content (AvgIpc) is 2.93. The summed E-state index contributed by atoms with van der Waals surface area (Å²) in [6.45, 7) is 4.39. The minimum atomic E-state index is -0.527. The largest absolute Gasteiger partial charge is 0.280 e. The molecule has 0 unspecified atom stereocenters. The zero-order chi connectivity index (χ0) is 26.6. The van der Waals surface area contributed by atoms with Gasteiger partial charge in [0.25, 0.3) is 23.6 Å². The lowest BCUT2D eigenvalue weighted by Gasteiger charge is -2.38. The van der Waals surface area contributed by atoms with Crippen LogP contribution in [0.3, 0.4) is 0 Å². The third-order valence-electron chi connectivity index (χ3n) is 7.09. The molecule has 4 amide bonds. The van der Waals surface area contributed by atoms with Crippen LogP contribution in [0.2, 0.25) is 0 Å². The number of benzene rings is 4. The second kappa shape index (κ2) is 8.95. The Labute approximate surface area is 219 Å². The first-order valence-electron chi connectivity index (χ1n) is 12.6. The molecule has 4 aromatic carbocycles. The lowest BCUT2D eigenvalue weighted by atomic mass is 9.86. The molecule has 0 atom stereocenters. The van der Waals surface area contributed by atoms with Crippen molar-refractivity contribution in [2.24, 2.45) is 5.92 Å². The molecule has 0 saturated heterocycles. The number of imide groups is 2. The number of hydrogen-bond donors (Lipinski definition) is 0.